The van der Waals surface area contributed by atoms with Gasteiger partial charge in [0.25, 0.3) is 0 Å². The van der Waals surface area contributed by atoms with Crippen molar-refractivity contribution >= 4 is 34.4 Å². The molecule has 2 aliphatic rings. The summed E-state index contributed by atoms with van der Waals surface area (Å²) in [7, 11) is 0. The van der Waals surface area contributed by atoms with Crippen LogP contribution in [0.25, 0.3) is 28.4 Å². The zero-order valence-electron chi connectivity index (χ0n) is 53.2. The molecule has 0 aliphatic heterocycles. The van der Waals surface area contributed by atoms with Crippen molar-refractivity contribution in [2.75, 3.05) is 6.61 Å². The number of ketones is 3. The van der Waals surface area contributed by atoms with Gasteiger partial charge in [0.2, 0.25) is 0 Å². The van der Waals surface area contributed by atoms with Crippen LogP contribution in [0, 0.1) is 11.8 Å². The Kier molecular flexibility index (Phi) is 18.6. The number of Topliss-reactive ketones (excluding diaryl/α,β-unsaturated/α-hetero) is 2. The van der Waals surface area contributed by atoms with Crippen molar-refractivity contribution in [3.05, 3.63) is 248 Å². The van der Waals surface area contributed by atoms with Gasteiger partial charge in [0.15, 0.2) is 17.3 Å². The first-order chi connectivity index (χ1) is 45.8. The maximum absolute atomic E-state index is 15.9. The standard InChI is InChI=1S/C79H72O17/c1-40(2)6-20-53-63(85)27-24-56(75(53)90)78(93)71-58(45-11-16-49(81)17-12-45)32-44(33-61(71)74-64(86)28-23-54(77(74)92)62(84)26-10-43-8-14-48(80)15-9-43)39-95-68-29-25-57(76(91)55(68)21-7-41(3)4)79(94)72-59(52-22-19-50(82)37-65(52)87)30-42(5)31-60(72)73-66(88)34-47(35-67(73)89)69-36-46-13-18-51(83)38-70(46)96-69/h6-19,22-29,31,33-38,58-61,71-72,80-83,85-92H,20-21,30,32,39H2,1-5H3. The van der Waals surface area contributed by atoms with Crippen LogP contribution < -0.4 is 4.74 Å². The van der Waals surface area contributed by atoms with Gasteiger partial charge in [-0.1, -0.05) is 77.4 Å². The number of phenolic OH excluding ortho intramolecular Hbond substituents is 12. The number of hydrogen-bond acceptors (Lipinski definition) is 17. The van der Waals surface area contributed by atoms with Crippen LogP contribution in [0.4, 0.5) is 0 Å². The molecule has 9 aromatic rings. The Labute approximate surface area is 553 Å². The minimum atomic E-state index is -1.32. The minimum absolute atomic E-state index is 0.00826. The highest BCUT2D eigenvalue weighted by Gasteiger charge is 2.46. The Morgan fingerprint density at radius 3 is 1.73 bits per heavy atom. The molecule has 6 atom stereocenters. The number of benzene rings is 8. The second-order valence-electron chi connectivity index (χ2n) is 25.2. The Morgan fingerprint density at radius 2 is 1.07 bits per heavy atom. The average Bonchev–Trinajstić information content (AvgIpc) is 0.885. The Hall–Kier alpha value is -11.6. The van der Waals surface area contributed by atoms with E-state index in [2.05, 4.69) is 0 Å². The first-order valence-electron chi connectivity index (χ1n) is 31.2. The monoisotopic (exact) mass is 1290 g/mol. The number of fused-ring (bicyclic) bond motifs is 1. The number of furan rings is 1. The van der Waals surface area contributed by atoms with Gasteiger partial charge in [0, 0.05) is 74.9 Å². The van der Waals surface area contributed by atoms with Crippen molar-refractivity contribution in [2.45, 2.75) is 84.0 Å². The van der Waals surface area contributed by atoms with E-state index in [1.165, 1.54) is 109 Å². The van der Waals surface area contributed by atoms with Crippen LogP contribution in [0.2, 0.25) is 0 Å². The van der Waals surface area contributed by atoms with Crippen LogP contribution >= 0.6 is 0 Å². The molecule has 1 aromatic heterocycles. The van der Waals surface area contributed by atoms with Crippen molar-refractivity contribution in [1.82, 2.24) is 0 Å². The quantitative estimate of drug-likeness (QED) is 0.0203. The lowest BCUT2D eigenvalue weighted by molar-refractivity contribution is 0.0866. The largest absolute Gasteiger partial charge is 0.508 e. The van der Waals surface area contributed by atoms with Gasteiger partial charge < -0.3 is 70.4 Å². The van der Waals surface area contributed by atoms with E-state index in [1.54, 1.807) is 54.6 Å². The highest BCUT2D eigenvalue weighted by atomic mass is 16.5. The summed E-state index contributed by atoms with van der Waals surface area (Å²) in [4.78, 5) is 45.7. The van der Waals surface area contributed by atoms with Crippen LogP contribution in [0.5, 0.6) is 74.7 Å². The van der Waals surface area contributed by atoms with E-state index in [0.29, 0.717) is 27.7 Å². The number of carbonyl (C=O) groups excluding carboxylic acids is 3. The number of carbonyl (C=O) groups is 3. The van der Waals surface area contributed by atoms with Crippen molar-refractivity contribution in [3.63, 3.8) is 0 Å². The number of ether oxygens (including phenoxy) is 1. The Morgan fingerprint density at radius 1 is 0.510 bits per heavy atom. The molecule has 8 aromatic carbocycles. The molecule has 17 heteroatoms. The molecular weight excluding hydrogens is 1220 g/mol. The molecule has 0 radical (unpaired) electrons. The lowest BCUT2D eigenvalue weighted by Crippen LogP contribution is -2.33. The fraction of sp³-hybridized carbons (Fsp3) is 0.203. The number of aromatic hydroxyl groups is 12. The molecule has 11 rings (SSSR count). The molecule has 6 unspecified atom stereocenters. The highest BCUT2D eigenvalue weighted by molar-refractivity contribution is 6.09. The molecule has 2 aliphatic carbocycles. The predicted octanol–water partition coefficient (Wildman–Crippen LogP) is 16.0. The summed E-state index contributed by atoms with van der Waals surface area (Å²) in [6, 6.07) is 33.2. The number of rotatable bonds is 19. The molecule has 0 saturated heterocycles. The van der Waals surface area contributed by atoms with Crippen molar-refractivity contribution in [2.24, 2.45) is 11.8 Å². The summed E-state index contributed by atoms with van der Waals surface area (Å²) in [5, 5.41) is 137. The molecule has 96 heavy (non-hydrogen) atoms. The number of phenols is 12. The highest BCUT2D eigenvalue weighted by Crippen LogP contribution is 2.56. The normalized spacial score (nSPS) is 17.8. The number of hydrogen-bond donors (Lipinski definition) is 12. The lowest BCUT2D eigenvalue weighted by Gasteiger charge is -2.38. The fourth-order valence-corrected chi connectivity index (χ4v) is 13.4. The first kappa shape index (κ1) is 65.9. The Balaban J connectivity index is 1.02. The van der Waals surface area contributed by atoms with E-state index in [0.717, 1.165) is 22.8 Å². The van der Waals surface area contributed by atoms with Gasteiger partial charge in [-0.2, -0.15) is 0 Å². The van der Waals surface area contributed by atoms with E-state index in [9.17, 15) is 66.1 Å². The van der Waals surface area contributed by atoms with Gasteiger partial charge in [0.05, 0.1) is 16.7 Å². The molecule has 0 amide bonds. The number of allylic oxidation sites excluding steroid dienone is 8. The van der Waals surface area contributed by atoms with Gasteiger partial charge in [0.1, 0.15) is 92.7 Å². The topological polar surface area (TPSA) is 316 Å². The third kappa shape index (κ3) is 13.5. The van der Waals surface area contributed by atoms with Gasteiger partial charge in [-0.25, -0.2) is 0 Å². The maximum atomic E-state index is 15.9. The summed E-state index contributed by atoms with van der Waals surface area (Å²) in [5.74, 6) is -12.2. The summed E-state index contributed by atoms with van der Waals surface area (Å²) in [5.41, 5.74) is 4.30. The summed E-state index contributed by atoms with van der Waals surface area (Å²) in [6.07, 6.45) is 9.99. The zero-order chi connectivity index (χ0) is 68.5. The summed E-state index contributed by atoms with van der Waals surface area (Å²) < 4.78 is 12.7. The van der Waals surface area contributed by atoms with Crippen molar-refractivity contribution in [3.8, 4) is 86.1 Å². The molecular formula is C79H72O17. The molecule has 0 spiro atoms. The molecule has 0 fully saturated rings. The third-order valence-corrected chi connectivity index (χ3v) is 18.1. The van der Waals surface area contributed by atoms with Crippen LogP contribution in [0.3, 0.4) is 0 Å². The van der Waals surface area contributed by atoms with Crippen LogP contribution in [-0.2, 0) is 12.8 Å². The van der Waals surface area contributed by atoms with Gasteiger partial charge >= 0.3 is 0 Å². The van der Waals surface area contributed by atoms with Crippen LogP contribution in [-0.4, -0.2) is 85.2 Å². The SMILES string of the molecule is CC(C)=CCc1c(O)ccc(C(=O)C2C(c3c(O)ccc(C(=O)C=Cc4ccc(O)cc4)c3O)C=C(COc3ccc(C(=O)C4C(c5c(O)cc(-c6cc7ccc(O)cc7o6)cc5O)C=C(C)CC4c4ccc(O)cc4O)c(O)c3CC=C(C)C)CC2c2ccc(O)cc2)c1O. The molecule has 1 heterocycles. The van der Waals surface area contributed by atoms with Crippen LogP contribution in [0.1, 0.15) is 141 Å². The first-order valence-corrected chi connectivity index (χ1v) is 31.2. The van der Waals surface area contributed by atoms with E-state index >= 15 is 9.59 Å². The van der Waals surface area contributed by atoms with E-state index in [4.69, 9.17) is 9.15 Å². The van der Waals surface area contributed by atoms with Crippen molar-refractivity contribution in [1.29, 1.82) is 0 Å². The third-order valence-electron chi connectivity index (χ3n) is 18.1. The second-order valence-corrected chi connectivity index (χ2v) is 25.2. The van der Waals surface area contributed by atoms with Gasteiger partial charge in [-0.05, 0) is 192 Å². The molecule has 17 nitrogen and oxygen atoms in total. The lowest BCUT2D eigenvalue weighted by atomic mass is 9.65. The van der Waals surface area contributed by atoms with E-state index in [1.807, 2.05) is 40.7 Å². The van der Waals surface area contributed by atoms with E-state index < -0.39 is 87.4 Å². The van der Waals surface area contributed by atoms with E-state index in [-0.39, 0.29) is 128 Å². The smallest absolute Gasteiger partial charge is 0.189 e. The van der Waals surface area contributed by atoms with Gasteiger partial charge in [-0.3, -0.25) is 14.4 Å². The molecule has 0 saturated carbocycles. The summed E-state index contributed by atoms with van der Waals surface area (Å²) >= 11 is 0. The average molecular weight is 1290 g/mol. The maximum Gasteiger partial charge on any atom is 0.189 e. The van der Waals surface area contributed by atoms with Crippen molar-refractivity contribution < 1.29 is 84.8 Å². The van der Waals surface area contributed by atoms with Gasteiger partial charge in [-0.15, -0.1) is 0 Å². The molecule has 0 bridgehead atoms. The minimum Gasteiger partial charge on any atom is -0.508 e. The predicted molar refractivity (Wildman–Crippen MR) is 363 cm³/mol. The van der Waals surface area contributed by atoms with Crippen LogP contribution in [0.15, 0.2) is 197 Å². The second kappa shape index (κ2) is 27.2. The summed E-state index contributed by atoms with van der Waals surface area (Å²) in [6.45, 7) is 8.91. The zero-order valence-corrected chi connectivity index (χ0v) is 53.2. The molecule has 12 N–H and O–H groups in total. The molecule has 490 valence electrons. The Bertz CT molecular complexity index is 4680. The fourth-order valence-electron chi connectivity index (χ4n) is 13.4.